The highest BCUT2D eigenvalue weighted by molar-refractivity contribution is 6.05. The summed E-state index contributed by atoms with van der Waals surface area (Å²) in [4.78, 5) is 50.1. The number of fused-ring (bicyclic) bond motifs is 1. The number of nitrogens with zero attached hydrogens (tertiary/aromatic N) is 1. The summed E-state index contributed by atoms with van der Waals surface area (Å²) in [5.41, 5.74) is 2.91. The Labute approximate surface area is 179 Å². The smallest absolute Gasteiger partial charge is 0.255 e. The fourth-order valence-corrected chi connectivity index (χ4v) is 3.93. The van der Waals surface area contributed by atoms with E-state index in [1.807, 2.05) is 24.3 Å². The molecule has 0 radical (unpaired) electrons. The lowest BCUT2D eigenvalue weighted by Gasteiger charge is -2.29. The minimum absolute atomic E-state index is 0.123. The van der Waals surface area contributed by atoms with Gasteiger partial charge >= 0.3 is 0 Å². The van der Waals surface area contributed by atoms with Gasteiger partial charge in [-0.3, -0.25) is 24.5 Å². The molecule has 2 aliphatic rings. The zero-order chi connectivity index (χ0) is 22.0. The standard InChI is InChI=1S/C23H23N3O5/c1-31-17-6-2-14(3-7-17)4-10-20(27)24-16-5-8-18-15(12-16)13-26(23(18)30)19-9-11-21(28)25-22(19)29/h2-3,5-8,12,19H,4,9-11,13H2,1H3,(H,24,27)(H,25,28,29). The summed E-state index contributed by atoms with van der Waals surface area (Å²) < 4.78 is 5.13. The van der Waals surface area contributed by atoms with Crippen molar-refractivity contribution in [3.8, 4) is 5.75 Å². The van der Waals surface area contributed by atoms with Crippen LogP contribution in [-0.2, 0) is 27.3 Å². The van der Waals surface area contributed by atoms with Gasteiger partial charge in [0.2, 0.25) is 17.7 Å². The van der Waals surface area contributed by atoms with Crippen molar-refractivity contribution in [3.05, 3.63) is 59.2 Å². The van der Waals surface area contributed by atoms with E-state index in [2.05, 4.69) is 10.6 Å². The molecule has 1 fully saturated rings. The number of methoxy groups -OCH3 is 1. The molecular weight excluding hydrogens is 398 g/mol. The van der Waals surface area contributed by atoms with Crippen LogP contribution in [0.5, 0.6) is 5.75 Å². The average molecular weight is 421 g/mol. The third kappa shape index (κ3) is 4.42. The molecule has 2 N–H and O–H groups in total. The van der Waals surface area contributed by atoms with Crippen LogP contribution in [0.1, 0.15) is 40.7 Å². The number of rotatable bonds is 6. The summed E-state index contributed by atoms with van der Waals surface area (Å²) >= 11 is 0. The van der Waals surface area contributed by atoms with Crippen LogP contribution in [0.2, 0.25) is 0 Å². The highest BCUT2D eigenvalue weighted by Crippen LogP contribution is 2.29. The third-order valence-corrected chi connectivity index (χ3v) is 5.61. The Bertz CT molecular complexity index is 1050. The van der Waals surface area contributed by atoms with E-state index in [9.17, 15) is 19.2 Å². The molecule has 0 saturated carbocycles. The molecule has 1 unspecified atom stereocenters. The maximum Gasteiger partial charge on any atom is 0.255 e. The number of anilines is 1. The zero-order valence-electron chi connectivity index (χ0n) is 17.1. The Kier molecular flexibility index (Phi) is 5.70. The number of carbonyl (C=O) groups is 4. The Morgan fingerprint density at radius 1 is 1.16 bits per heavy atom. The fourth-order valence-electron chi connectivity index (χ4n) is 3.93. The number of amides is 4. The number of aryl methyl sites for hydroxylation is 1. The van der Waals surface area contributed by atoms with Gasteiger partial charge in [0.15, 0.2) is 0 Å². The average Bonchev–Trinajstić information content (AvgIpc) is 3.08. The molecule has 0 aliphatic carbocycles. The van der Waals surface area contributed by atoms with Crippen LogP contribution in [0, 0.1) is 0 Å². The van der Waals surface area contributed by atoms with E-state index in [0.717, 1.165) is 16.9 Å². The van der Waals surface area contributed by atoms with E-state index in [4.69, 9.17) is 4.74 Å². The predicted octanol–water partition coefficient (Wildman–Crippen LogP) is 2.03. The van der Waals surface area contributed by atoms with E-state index in [0.29, 0.717) is 30.5 Å². The maximum atomic E-state index is 12.7. The quantitative estimate of drug-likeness (QED) is 0.695. The van der Waals surface area contributed by atoms with Crippen molar-refractivity contribution in [1.29, 1.82) is 0 Å². The summed E-state index contributed by atoms with van der Waals surface area (Å²) in [5.74, 6) is -0.342. The molecule has 4 rings (SSSR count). The van der Waals surface area contributed by atoms with Crippen molar-refractivity contribution in [2.75, 3.05) is 12.4 Å². The topological polar surface area (TPSA) is 105 Å². The van der Waals surface area contributed by atoms with Crippen molar-refractivity contribution in [2.45, 2.75) is 38.3 Å². The second-order valence-electron chi connectivity index (χ2n) is 7.67. The summed E-state index contributed by atoms with van der Waals surface area (Å²) in [6.45, 7) is 0.274. The van der Waals surface area contributed by atoms with Gasteiger partial charge in [0.1, 0.15) is 11.8 Å². The minimum atomic E-state index is -0.653. The van der Waals surface area contributed by atoms with Gasteiger partial charge in [-0.2, -0.15) is 0 Å². The molecule has 2 heterocycles. The fraction of sp³-hybridized carbons (Fsp3) is 0.304. The SMILES string of the molecule is COc1ccc(CCC(=O)Nc2ccc3c(c2)CN(C2CCC(=O)NC2=O)C3=O)cc1. The molecule has 4 amide bonds. The van der Waals surface area contributed by atoms with Crippen molar-refractivity contribution >= 4 is 29.3 Å². The number of piperidine rings is 1. The first kappa shape index (κ1) is 20.6. The minimum Gasteiger partial charge on any atom is -0.497 e. The first-order chi connectivity index (χ1) is 14.9. The zero-order valence-corrected chi connectivity index (χ0v) is 17.1. The first-order valence-electron chi connectivity index (χ1n) is 10.1. The van der Waals surface area contributed by atoms with Gasteiger partial charge in [0.25, 0.3) is 5.91 Å². The summed E-state index contributed by atoms with van der Waals surface area (Å²) in [5, 5.41) is 5.16. The number of hydrogen-bond acceptors (Lipinski definition) is 5. The van der Waals surface area contributed by atoms with Crippen molar-refractivity contribution in [2.24, 2.45) is 0 Å². The molecule has 2 aromatic carbocycles. The Hall–Kier alpha value is -3.68. The number of hydrogen-bond donors (Lipinski definition) is 2. The first-order valence-corrected chi connectivity index (χ1v) is 10.1. The molecule has 8 heteroatoms. The number of benzene rings is 2. The Morgan fingerprint density at radius 3 is 2.65 bits per heavy atom. The highest BCUT2D eigenvalue weighted by atomic mass is 16.5. The Balaban J connectivity index is 1.37. The van der Waals surface area contributed by atoms with Crippen LogP contribution in [0.25, 0.3) is 0 Å². The summed E-state index contributed by atoms with van der Waals surface area (Å²) in [6.07, 6.45) is 1.46. The third-order valence-electron chi connectivity index (χ3n) is 5.61. The molecule has 2 aliphatic heterocycles. The van der Waals surface area contributed by atoms with Crippen LogP contribution in [0.15, 0.2) is 42.5 Å². The maximum absolute atomic E-state index is 12.7. The van der Waals surface area contributed by atoms with Gasteiger partial charge in [0.05, 0.1) is 7.11 Å². The molecule has 0 bridgehead atoms. The van der Waals surface area contributed by atoms with Gasteiger partial charge in [-0.1, -0.05) is 12.1 Å². The van der Waals surface area contributed by atoms with Gasteiger partial charge in [-0.25, -0.2) is 0 Å². The van der Waals surface area contributed by atoms with E-state index in [1.54, 1.807) is 25.3 Å². The van der Waals surface area contributed by atoms with E-state index < -0.39 is 11.9 Å². The molecular formula is C23H23N3O5. The second kappa shape index (κ2) is 8.59. The summed E-state index contributed by atoms with van der Waals surface area (Å²) in [6, 6.07) is 12.1. The van der Waals surface area contributed by atoms with Crippen molar-refractivity contribution in [1.82, 2.24) is 10.2 Å². The molecule has 0 aromatic heterocycles. The monoisotopic (exact) mass is 421 g/mol. The van der Waals surface area contributed by atoms with Gasteiger partial charge in [0, 0.05) is 30.6 Å². The normalized spacial score (nSPS) is 17.9. The van der Waals surface area contributed by atoms with Gasteiger partial charge < -0.3 is 15.0 Å². The van der Waals surface area contributed by atoms with Gasteiger partial charge in [-0.15, -0.1) is 0 Å². The highest BCUT2D eigenvalue weighted by Gasteiger charge is 2.39. The molecule has 2 aromatic rings. The molecule has 1 saturated heterocycles. The largest absolute Gasteiger partial charge is 0.497 e. The molecule has 160 valence electrons. The van der Waals surface area contributed by atoms with Crippen LogP contribution in [0.4, 0.5) is 5.69 Å². The lowest BCUT2D eigenvalue weighted by atomic mass is 10.0. The number of ether oxygens (including phenoxy) is 1. The van der Waals surface area contributed by atoms with E-state index >= 15 is 0 Å². The van der Waals surface area contributed by atoms with Crippen LogP contribution in [-0.4, -0.2) is 41.7 Å². The lowest BCUT2D eigenvalue weighted by molar-refractivity contribution is -0.137. The predicted molar refractivity (Wildman–Crippen MR) is 112 cm³/mol. The van der Waals surface area contributed by atoms with E-state index in [1.165, 1.54) is 4.90 Å². The van der Waals surface area contributed by atoms with Gasteiger partial charge in [-0.05, 0) is 54.3 Å². The van der Waals surface area contributed by atoms with Crippen LogP contribution >= 0.6 is 0 Å². The second-order valence-corrected chi connectivity index (χ2v) is 7.67. The van der Waals surface area contributed by atoms with Crippen molar-refractivity contribution < 1.29 is 23.9 Å². The van der Waals surface area contributed by atoms with E-state index in [-0.39, 0.29) is 30.7 Å². The molecule has 8 nitrogen and oxygen atoms in total. The molecule has 31 heavy (non-hydrogen) atoms. The molecule has 1 atom stereocenters. The molecule has 0 spiro atoms. The van der Waals surface area contributed by atoms with Crippen LogP contribution < -0.4 is 15.4 Å². The van der Waals surface area contributed by atoms with Crippen molar-refractivity contribution in [3.63, 3.8) is 0 Å². The number of imide groups is 1. The van der Waals surface area contributed by atoms with Crippen LogP contribution in [0.3, 0.4) is 0 Å². The Morgan fingerprint density at radius 2 is 1.94 bits per heavy atom. The summed E-state index contributed by atoms with van der Waals surface area (Å²) in [7, 11) is 1.61. The lowest BCUT2D eigenvalue weighted by Crippen LogP contribution is -2.52. The number of nitrogens with one attached hydrogen (secondary N) is 2. The number of carbonyl (C=O) groups excluding carboxylic acids is 4.